The number of esters is 1. The highest BCUT2D eigenvalue weighted by Crippen LogP contribution is 2.15. The van der Waals surface area contributed by atoms with Gasteiger partial charge >= 0.3 is 5.97 Å². The lowest BCUT2D eigenvalue weighted by Crippen LogP contribution is -2.28. The Morgan fingerprint density at radius 1 is 0.962 bits per heavy atom. The van der Waals surface area contributed by atoms with Crippen LogP contribution in [0.1, 0.15) is 18.1 Å². The fourth-order valence-electron chi connectivity index (χ4n) is 2.46. The smallest absolute Gasteiger partial charge is 0.335 e. The third-order valence-corrected chi connectivity index (χ3v) is 3.78. The number of hydrogen-bond acceptors (Lipinski definition) is 5. The van der Waals surface area contributed by atoms with Gasteiger partial charge in [0.1, 0.15) is 12.4 Å². The summed E-state index contributed by atoms with van der Waals surface area (Å²) in [6, 6.07) is 17.6. The zero-order valence-corrected chi connectivity index (χ0v) is 15.4. The SMILES string of the molecule is CCO[C@@H](Cc1ccc(OCCOCc2ccccc2)cc1)C(=O)OC. The first-order chi connectivity index (χ1) is 12.7. The van der Waals surface area contributed by atoms with E-state index in [0.29, 0.717) is 32.8 Å². The minimum Gasteiger partial charge on any atom is -0.491 e. The molecule has 2 aromatic carbocycles. The van der Waals surface area contributed by atoms with Gasteiger partial charge in [0, 0.05) is 13.0 Å². The lowest BCUT2D eigenvalue weighted by Gasteiger charge is -2.15. The molecule has 26 heavy (non-hydrogen) atoms. The molecule has 0 fully saturated rings. The molecule has 5 heteroatoms. The molecule has 0 aliphatic heterocycles. The van der Waals surface area contributed by atoms with Crippen LogP contribution in [-0.4, -0.2) is 39.0 Å². The molecule has 0 amide bonds. The fraction of sp³-hybridized carbons (Fsp3) is 0.381. The molecular weight excluding hydrogens is 332 g/mol. The Kier molecular flexibility index (Phi) is 8.66. The van der Waals surface area contributed by atoms with E-state index in [4.69, 9.17) is 18.9 Å². The zero-order valence-electron chi connectivity index (χ0n) is 15.4. The van der Waals surface area contributed by atoms with E-state index in [1.807, 2.05) is 61.5 Å². The van der Waals surface area contributed by atoms with Gasteiger partial charge in [0.15, 0.2) is 6.10 Å². The van der Waals surface area contributed by atoms with Crippen molar-refractivity contribution >= 4 is 5.97 Å². The molecule has 0 aliphatic carbocycles. The molecule has 0 aromatic heterocycles. The highest BCUT2D eigenvalue weighted by molar-refractivity contribution is 5.74. The van der Waals surface area contributed by atoms with Crippen molar-refractivity contribution in [3.8, 4) is 5.75 Å². The Morgan fingerprint density at radius 3 is 2.35 bits per heavy atom. The van der Waals surface area contributed by atoms with Crippen LogP contribution in [0.2, 0.25) is 0 Å². The highest BCUT2D eigenvalue weighted by atomic mass is 16.6. The molecule has 0 radical (unpaired) electrons. The second-order valence-corrected chi connectivity index (χ2v) is 5.70. The van der Waals surface area contributed by atoms with Gasteiger partial charge in [-0.05, 0) is 30.2 Å². The molecule has 0 unspecified atom stereocenters. The summed E-state index contributed by atoms with van der Waals surface area (Å²) in [6.07, 6.45) is -0.107. The third-order valence-electron chi connectivity index (χ3n) is 3.78. The Morgan fingerprint density at radius 2 is 1.69 bits per heavy atom. The van der Waals surface area contributed by atoms with Crippen molar-refractivity contribution in [1.82, 2.24) is 0 Å². The molecule has 0 aliphatic rings. The molecule has 2 rings (SSSR count). The standard InChI is InChI=1S/C21H26O5/c1-3-25-20(21(22)23-2)15-17-9-11-19(12-10-17)26-14-13-24-16-18-7-5-4-6-8-18/h4-12,20H,3,13-16H2,1-2H3/t20-/m0/s1. The monoisotopic (exact) mass is 358 g/mol. The van der Waals surface area contributed by atoms with E-state index in [2.05, 4.69) is 0 Å². The predicted octanol–water partition coefficient (Wildman–Crippen LogP) is 3.40. The van der Waals surface area contributed by atoms with E-state index in [1.165, 1.54) is 7.11 Å². The maximum absolute atomic E-state index is 11.7. The molecule has 0 spiro atoms. The summed E-state index contributed by atoms with van der Waals surface area (Å²) < 4.78 is 21.5. The Bertz CT molecular complexity index is 639. The fourth-order valence-corrected chi connectivity index (χ4v) is 2.46. The Balaban J connectivity index is 1.72. The van der Waals surface area contributed by atoms with Crippen LogP contribution in [0.25, 0.3) is 0 Å². The molecule has 1 atom stereocenters. The summed E-state index contributed by atoms with van der Waals surface area (Å²) in [6.45, 7) is 3.90. The van der Waals surface area contributed by atoms with Gasteiger partial charge in [0.05, 0.1) is 20.3 Å². The van der Waals surface area contributed by atoms with Crippen LogP contribution >= 0.6 is 0 Å². The molecule has 140 valence electrons. The number of methoxy groups -OCH3 is 1. The minimum atomic E-state index is -0.580. The van der Waals surface area contributed by atoms with Crippen molar-refractivity contribution < 1.29 is 23.7 Å². The van der Waals surface area contributed by atoms with E-state index >= 15 is 0 Å². The van der Waals surface area contributed by atoms with Crippen molar-refractivity contribution in [2.24, 2.45) is 0 Å². The first-order valence-corrected chi connectivity index (χ1v) is 8.75. The first-order valence-electron chi connectivity index (χ1n) is 8.75. The summed E-state index contributed by atoms with van der Waals surface area (Å²) in [5, 5.41) is 0. The van der Waals surface area contributed by atoms with Crippen molar-refractivity contribution in [1.29, 1.82) is 0 Å². The molecular formula is C21H26O5. The van der Waals surface area contributed by atoms with E-state index < -0.39 is 6.10 Å². The quantitative estimate of drug-likeness (QED) is 0.455. The van der Waals surface area contributed by atoms with E-state index in [0.717, 1.165) is 16.9 Å². The molecule has 0 bridgehead atoms. The topological polar surface area (TPSA) is 54.0 Å². The van der Waals surface area contributed by atoms with Crippen LogP contribution in [0.4, 0.5) is 0 Å². The van der Waals surface area contributed by atoms with Gasteiger partial charge < -0.3 is 18.9 Å². The van der Waals surface area contributed by atoms with E-state index in [-0.39, 0.29) is 5.97 Å². The van der Waals surface area contributed by atoms with Gasteiger partial charge in [0.2, 0.25) is 0 Å². The second-order valence-electron chi connectivity index (χ2n) is 5.70. The zero-order chi connectivity index (χ0) is 18.6. The number of hydrogen-bond donors (Lipinski definition) is 0. The molecule has 0 heterocycles. The second kappa shape index (κ2) is 11.3. The summed E-state index contributed by atoms with van der Waals surface area (Å²) >= 11 is 0. The van der Waals surface area contributed by atoms with Gasteiger partial charge in [0.25, 0.3) is 0 Å². The van der Waals surface area contributed by atoms with E-state index in [9.17, 15) is 4.79 Å². The average Bonchev–Trinajstić information content (AvgIpc) is 2.69. The number of ether oxygens (including phenoxy) is 4. The van der Waals surface area contributed by atoms with Gasteiger partial charge in [-0.25, -0.2) is 4.79 Å². The van der Waals surface area contributed by atoms with Crippen LogP contribution in [0, 0.1) is 0 Å². The number of benzene rings is 2. The molecule has 0 N–H and O–H groups in total. The molecule has 0 saturated heterocycles. The maximum Gasteiger partial charge on any atom is 0.335 e. The molecule has 0 saturated carbocycles. The normalized spacial score (nSPS) is 11.8. The molecule has 5 nitrogen and oxygen atoms in total. The van der Waals surface area contributed by atoms with Gasteiger partial charge in [-0.3, -0.25) is 0 Å². The lowest BCUT2D eigenvalue weighted by atomic mass is 10.1. The van der Waals surface area contributed by atoms with Crippen LogP contribution in [0.3, 0.4) is 0 Å². The number of carbonyl (C=O) groups excluding carboxylic acids is 1. The maximum atomic E-state index is 11.7. The van der Waals surface area contributed by atoms with Crippen molar-refractivity contribution in [2.75, 3.05) is 26.9 Å². The largest absolute Gasteiger partial charge is 0.491 e. The Labute approximate surface area is 154 Å². The lowest BCUT2D eigenvalue weighted by molar-refractivity contribution is -0.153. The van der Waals surface area contributed by atoms with Crippen LogP contribution in [0.15, 0.2) is 54.6 Å². The van der Waals surface area contributed by atoms with Crippen molar-refractivity contribution in [3.05, 3.63) is 65.7 Å². The number of rotatable bonds is 11. The van der Waals surface area contributed by atoms with E-state index in [1.54, 1.807) is 0 Å². The first kappa shape index (κ1) is 19.9. The third kappa shape index (κ3) is 6.86. The van der Waals surface area contributed by atoms with Crippen LogP contribution in [0.5, 0.6) is 5.75 Å². The Hall–Kier alpha value is -2.37. The number of carbonyl (C=O) groups is 1. The van der Waals surface area contributed by atoms with Gasteiger partial charge in [-0.2, -0.15) is 0 Å². The minimum absolute atomic E-state index is 0.359. The predicted molar refractivity (Wildman–Crippen MR) is 99.2 cm³/mol. The summed E-state index contributed by atoms with van der Waals surface area (Å²) in [7, 11) is 1.37. The van der Waals surface area contributed by atoms with Crippen LogP contribution < -0.4 is 4.74 Å². The van der Waals surface area contributed by atoms with Gasteiger partial charge in [-0.1, -0.05) is 42.5 Å². The highest BCUT2D eigenvalue weighted by Gasteiger charge is 2.19. The van der Waals surface area contributed by atoms with Crippen molar-refractivity contribution in [2.45, 2.75) is 26.1 Å². The van der Waals surface area contributed by atoms with Gasteiger partial charge in [-0.15, -0.1) is 0 Å². The molecule has 2 aromatic rings. The average molecular weight is 358 g/mol. The van der Waals surface area contributed by atoms with Crippen LogP contribution in [-0.2, 0) is 32.0 Å². The summed E-state index contributed by atoms with van der Waals surface area (Å²) in [5.41, 5.74) is 2.13. The summed E-state index contributed by atoms with van der Waals surface area (Å²) in [4.78, 5) is 11.7. The van der Waals surface area contributed by atoms with Crippen molar-refractivity contribution in [3.63, 3.8) is 0 Å². The summed E-state index contributed by atoms with van der Waals surface area (Å²) in [5.74, 6) is 0.408.